The van der Waals surface area contributed by atoms with Crippen LogP contribution in [0, 0.1) is 0 Å². The highest BCUT2D eigenvalue weighted by molar-refractivity contribution is 6.13. The number of para-hydroxylation sites is 1. The molecule has 2 rings (SSSR count). The molecule has 1 aromatic carbocycles. The maximum absolute atomic E-state index is 7.12. The molecule has 0 aliphatic carbocycles. The van der Waals surface area contributed by atoms with E-state index in [1.54, 1.807) is 0 Å². The number of aromatic nitrogens is 1. The molecule has 0 spiro atoms. The normalized spacial score (nSPS) is 9.15. The SMILES string of the molecule is Cn1ccc2ccccc21.OBO. The second-order valence-corrected chi connectivity index (χ2v) is 2.63. The number of nitrogens with zero attached hydrogens (tertiary/aromatic N) is 1. The zero-order valence-electron chi connectivity index (χ0n) is 7.51. The summed E-state index contributed by atoms with van der Waals surface area (Å²) in [5.41, 5.74) is 1.29. The number of rotatable bonds is 0. The first-order chi connectivity index (χ1) is 6.29. The van der Waals surface area contributed by atoms with Crippen molar-refractivity contribution in [2.75, 3.05) is 0 Å². The molecule has 1 heterocycles. The van der Waals surface area contributed by atoms with Gasteiger partial charge in [0.05, 0.1) is 0 Å². The molecule has 0 amide bonds. The average Bonchev–Trinajstić information content (AvgIpc) is 2.50. The third kappa shape index (κ3) is 2.34. The summed E-state index contributed by atoms with van der Waals surface area (Å²) in [6.07, 6.45) is 2.07. The van der Waals surface area contributed by atoms with E-state index in [2.05, 4.69) is 48.1 Å². The Morgan fingerprint density at radius 3 is 2.38 bits per heavy atom. The molecule has 3 nitrogen and oxygen atoms in total. The van der Waals surface area contributed by atoms with Gasteiger partial charge in [0, 0.05) is 18.8 Å². The second-order valence-electron chi connectivity index (χ2n) is 2.63. The van der Waals surface area contributed by atoms with Crippen molar-refractivity contribution < 1.29 is 10.0 Å². The minimum Gasteiger partial charge on any atom is -0.430 e. The van der Waals surface area contributed by atoms with Crippen LogP contribution in [0.15, 0.2) is 36.5 Å². The summed E-state index contributed by atoms with van der Waals surface area (Å²) in [6.45, 7) is 0. The van der Waals surface area contributed by atoms with Gasteiger partial charge in [0.1, 0.15) is 0 Å². The molecular formula is C9H12BNO2. The molecule has 4 heteroatoms. The molecule has 13 heavy (non-hydrogen) atoms. The molecule has 1 aromatic heterocycles. The standard InChI is InChI=1S/C9H9N.BH3O2/c1-10-7-6-8-4-2-3-5-9(8)10;2-1-3/h2-7H,1H3;1-3H. The van der Waals surface area contributed by atoms with Crippen LogP contribution in [-0.4, -0.2) is 22.3 Å². The molecule has 2 aromatic rings. The van der Waals surface area contributed by atoms with Crippen molar-refractivity contribution in [3.8, 4) is 0 Å². The lowest BCUT2D eigenvalue weighted by atomic mass is 10.2. The molecule has 0 saturated heterocycles. The van der Waals surface area contributed by atoms with Gasteiger partial charge in [-0.05, 0) is 17.5 Å². The quantitative estimate of drug-likeness (QED) is 0.572. The van der Waals surface area contributed by atoms with Crippen molar-refractivity contribution in [1.29, 1.82) is 0 Å². The van der Waals surface area contributed by atoms with Crippen LogP contribution in [0.5, 0.6) is 0 Å². The van der Waals surface area contributed by atoms with Crippen LogP contribution in [0.4, 0.5) is 0 Å². The first-order valence-electron chi connectivity index (χ1n) is 4.01. The Bertz CT molecular complexity index is 372. The fourth-order valence-electron chi connectivity index (χ4n) is 1.22. The Morgan fingerprint density at radius 2 is 1.77 bits per heavy atom. The predicted octanol–water partition coefficient (Wildman–Crippen LogP) is 0.416. The number of fused-ring (bicyclic) bond motifs is 1. The van der Waals surface area contributed by atoms with Crippen LogP contribution in [0.25, 0.3) is 10.9 Å². The molecule has 0 aliphatic heterocycles. The summed E-state index contributed by atoms with van der Waals surface area (Å²) in [5.74, 6) is 0. The number of benzene rings is 1. The lowest BCUT2D eigenvalue weighted by Gasteiger charge is -1.92. The summed E-state index contributed by atoms with van der Waals surface area (Å²) in [7, 11) is 1.31. The minimum atomic E-state index is -0.750. The molecular weight excluding hydrogens is 165 g/mol. The molecule has 68 valence electrons. The Balaban J connectivity index is 0.000000251. The fourth-order valence-corrected chi connectivity index (χ4v) is 1.22. The summed E-state index contributed by atoms with van der Waals surface area (Å²) in [6, 6.07) is 10.5. The van der Waals surface area contributed by atoms with Gasteiger partial charge in [0.15, 0.2) is 0 Å². The lowest BCUT2D eigenvalue weighted by molar-refractivity contribution is 0.448. The van der Waals surface area contributed by atoms with E-state index in [1.165, 1.54) is 10.9 Å². The topological polar surface area (TPSA) is 45.4 Å². The maximum Gasteiger partial charge on any atom is 0.432 e. The van der Waals surface area contributed by atoms with Crippen molar-refractivity contribution in [1.82, 2.24) is 4.57 Å². The highest BCUT2D eigenvalue weighted by Gasteiger charge is 1.92. The highest BCUT2D eigenvalue weighted by atomic mass is 16.4. The Hall–Kier alpha value is -1.26. The van der Waals surface area contributed by atoms with Gasteiger partial charge in [0.2, 0.25) is 0 Å². The van der Waals surface area contributed by atoms with Crippen molar-refractivity contribution in [2.45, 2.75) is 0 Å². The molecule has 0 unspecified atom stereocenters. The van der Waals surface area contributed by atoms with Crippen molar-refractivity contribution in [3.05, 3.63) is 36.5 Å². The Kier molecular flexibility index (Phi) is 3.55. The third-order valence-electron chi connectivity index (χ3n) is 1.79. The van der Waals surface area contributed by atoms with Crippen LogP contribution in [-0.2, 0) is 7.05 Å². The molecule has 0 atom stereocenters. The van der Waals surface area contributed by atoms with E-state index >= 15 is 0 Å². The van der Waals surface area contributed by atoms with E-state index in [1.807, 2.05) is 0 Å². The van der Waals surface area contributed by atoms with Crippen LogP contribution in [0.2, 0.25) is 0 Å². The summed E-state index contributed by atoms with van der Waals surface area (Å²) < 4.78 is 2.12. The van der Waals surface area contributed by atoms with Crippen molar-refractivity contribution in [3.63, 3.8) is 0 Å². The minimum absolute atomic E-state index is 0.750. The molecule has 0 saturated carbocycles. The van der Waals surface area contributed by atoms with Gasteiger partial charge in [-0.15, -0.1) is 0 Å². The van der Waals surface area contributed by atoms with Crippen LogP contribution in [0.3, 0.4) is 0 Å². The van der Waals surface area contributed by atoms with E-state index in [4.69, 9.17) is 10.0 Å². The van der Waals surface area contributed by atoms with Gasteiger partial charge in [-0.2, -0.15) is 0 Å². The molecule has 0 radical (unpaired) electrons. The van der Waals surface area contributed by atoms with E-state index in [9.17, 15) is 0 Å². The number of hydrogen-bond acceptors (Lipinski definition) is 2. The van der Waals surface area contributed by atoms with E-state index in [0.29, 0.717) is 0 Å². The summed E-state index contributed by atoms with van der Waals surface area (Å²) in [5, 5.41) is 15.6. The first kappa shape index (κ1) is 9.83. The molecule has 0 fully saturated rings. The lowest BCUT2D eigenvalue weighted by Crippen LogP contribution is -1.81. The van der Waals surface area contributed by atoms with Crippen molar-refractivity contribution in [2.24, 2.45) is 7.05 Å². The molecule has 0 bridgehead atoms. The zero-order valence-corrected chi connectivity index (χ0v) is 7.51. The maximum atomic E-state index is 7.12. The number of aryl methyl sites for hydroxylation is 1. The second kappa shape index (κ2) is 4.69. The monoisotopic (exact) mass is 177 g/mol. The smallest absolute Gasteiger partial charge is 0.430 e. The van der Waals surface area contributed by atoms with E-state index < -0.39 is 7.69 Å². The van der Waals surface area contributed by atoms with Gasteiger partial charge in [-0.1, -0.05) is 18.2 Å². The summed E-state index contributed by atoms with van der Waals surface area (Å²) >= 11 is 0. The van der Waals surface area contributed by atoms with Gasteiger partial charge >= 0.3 is 7.69 Å². The fraction of sp³-hybridized carbons (Fsp3) is 0.111. The largest absolute Gasteiger partial charge is 0.432 e. The van der Waals surface area contributed by atoms with E-state index in [0.717, 1.165) is 0 Å². The zero-order chi connectivity index (χ0) is 9.68. The summed E-state index contributed by atoms with van der Waals surface area (Å²) in [4.78, 5) is 0. The first-order valence-corrected chi connectivity index (χ1v) is 4.01. The Labute approximate surface area is 77.5 Å². The van der Waals surface area contributed by atoms with Crippen LogP contribution >= 0.6 is 0 Å². The number of hydrogen-bond donors (Lipinski definition) is 2. The van der Waals surface area contributed by atoms with E-state index in [-0.39, 0.29) is 0 Å². The predicted molar refractivity (Wildman–Crippen MR) is 54.5 cm³/mol. The van der Waals surface area contributed by atoms with Crippen LogP contribution in [0.1, 0.15) is 0 Å². The molecule has 2 N–H and O–H groups in total. The van der Waals surface area contributed by atoms with Crippen molar-refractivity contribution >= 4 is 18.6 Å². The average molecular weight is 177 g/mol. The Morgan fingerprint density at radius 1 is 1.15 bits per heavy atom. The van der Waals surface area contributed by atoms with Gasteiger partial charge in [0.25, 0.3) is 0 Å². The van der Waals surface area contributed by atoms with Gasteiger partial charge < -0.3 is 14.6 Å². The van der Waals surface area contributed by atoms with Gasteiger partial charge in [-0.25, -0.2) is 0 Å². The van der Waals surface area contributed by atoms with Gasteiger partial charge in [-0.3, -0.25) is 0 Å². The molecule has 0 aliphatic rings. The highest BCUT2D eigenvalue weighted by Crippen LogP contribution is 2.12. The van der Waals surface area contributed by atoms with Crippen LogP contribution < -0.4 is 0 Å². The third-order valence-corrected chi connectivity index (χ3v) is 1.79.